The highest BCUT2D eigenvalue weighted by molar-refractivity contribution is 5.81. The summed E-state index contributed by atoms with van der Waals surface area (Å²) in [6.45, 7) is 0.225. The number of methoxy groups -OCH3 is 1. The molecule has 104 valence electrons. The minimum atomic E-state index is -0.663. The molecule has 0 aliphatic carbocycles. The minimum Gasteiger partial charge on any atom is -0.453 e. The summed E-state index contributed by atoms with van der Waals surface area (Å²) in [7, 11) is 1.52. The molecule has 0 bridgehead atoms. The highest BCUT2D eigenvalue weighted by atomic mass is 16.5. The topological polar surface area (TPSA) is 81.5 Å². The second-order valence-electron chi connectivity index (χ2n) is 4.47. The Morgan fingerprint density at radius 1 is 1.35 bits per heavy atom. The number of hydrogen-bond acceptors (Lipinski definition) is 6. The van der Waals surface area contributed by atoms with Crippen LogP contribution in [-0.2, 0) is 11.2 Å². The van der Waals surface area contributed by atoms with Crippen molar-refractivity contribution in [1.82, 2.24) is 10.1 Å². The maximum atomic E-state index is 9.62. The summed E-state index contributed by atoms with van der Waals surface area (Å²) in [6, 6.07) is 9.52. The fourth-order valence-corrected chi connectivity index (χ4v) is 1.98. The monoisotopic (exact) mass is 274 g/mol. The zero-order valence-electron chi connectivity index (χ0n) is 10.9. The van der Waals surface area contributed by atoms with Gasteiger partial charge in [0.2, 0.25) is 11.7 Å². The van der Waals surface area contributed by atoms with E-state index in [2.05, 4.69) is 10.1 Å². The van der Waals surface area contributed by atoms with Gasteiger partial charge in [-0.25, -0.2) is 0 Å². The molecule has 2 aromatic heterocycles. The van der Waals surface area contributed by atoms with Crippen molar-refractivity contribution in [2.45, 2.75) is 12.5 Å². The molecule has 0 saturated carbocycles. The predicted octanol–water partition coefficient (Wildman–Crippen LogP) is 2.03. The number of ether oxygens (including phenoxy) is 1. The van der Waals surface area contributed by atoms with Gasteiger partial charge < -0.3 is 18.8 Å². The fourth-order valence-electron chi connectivity index (χ4n) is 1.98. The van der Waals surface area contributed by atoms with E-state index in [1.165, 1.54) is 7.11 Å². The molecule has 0 amide bonds. The number of furan rings is 1. The van der Waals surface area contributed by atoms with E-state index in [9.17, 15) is 5.11 Å². The lowest BCUT2D eigenvalue weighted by atomic mass is 10.2. The minimum absolute atomic E-state index is 0.225. The number of fused-ring (bicyclic) bond motifs is 1. The molecule has 6 heteroatoms. The molecule has 0 saturated heterocycles. The molecule has 6 nitrogen and oxygen atoms in total. The van der Waals surface area contributed by atoms with Crippen molar-refractivity contribution in [2.24, 2.45) is 0 Å². The molecule has 3 aromatic rings. The van der Waals surface area contributed by atoms with E-state index in [1.807, 2.05) is 30.3 Å². The van der Waals surface area contributed by atoms with E-state index in [-0.39, 0.29) is 13.0 Å². The van der Waals surface area contributed by atoms with Crippen LogP contribution >= 0.6 is 0 Å². The molecule has 0 aliphatic heterocycles. The predicted molar refractivity (Wildman–Crippen MR) is 71.1 cm³/mol. The van der Waals surface area contributed by atoms with Crippen molar-refractivity contribution < 1.29 is 18.8 Å². The van der Waals surface area contributed by atoms with E-state index in [0.717, 1.165) is 11.0 Å². The maximum absolute atomic E-state index is 9.62. The van der Waals surface area contributed by atoms with Crippen LogP contribution < -0.4 is 0 Å². The van der Waals surface area contributed by atoms with Gasteiger partial charge in [-0.2, -0.15) is 4.98 Å². The Morgan fingerprint density at radius 2 is 2.20 bits per heavy atom. The van der Waals surface area contributed by atoms with E-state index < -0.39 is 6.10 Å². The second-order valence-corrected chi connectivity index (χ2v) is 4.47. The molecule has 0 spiro atoms. The van der Waals surface area contributed by atoms with Crippen LogP contribution in [0.15, 0.2) is 39.3 Å². The number of para-hydroxylation sites is 1. The SMILES string of the molecule is COCC(O)Cc1nc(-c2cc3ccccc3o2)no1. The van der Waals surface area contributed by atoms with Crippen LogP contribution in [0.2, 0.25) is 0 Å². The van der Waals surface area contributed by atoms with Crippen molar-refractivity contribution >= 4 is 11.0 Å². The first kappa shape index (κ1) is 12.8. The average Bonchev–Trinajstić information content (AvgIpc) is 3.04. The lowest BCUT2D eigenvalue weighted by Crippen LogP contribution is -2.17. The Hall–Kier alpha value is -2.18. The summed E-state index contributed by atoms with van der Waals surface area (Å²) < 4.78 is 15.6. The molecule has 0 aliphatic rings. The van der Waals surface area contributed by atoms with Gasteiger partial charge in [0, 0.05) is 12.5 Å². The molecule has 2 heterocycles. The van der Waals surface area contributed by atoms with Gasteiger partial charge in [0.1, 0.15) is 5.58 Å². The number of aliphatic hydroxyl groups excluding tert-OH is 1. The molecule has 0 radical (unpaired) electrons. The molecule has 1 N–H and O–H groups in total. The molecule has 0 fully saturated rings. The third-order valence-corrected chi connectivity index (χ3v) is 2.88. The Labute approximate surface area is 115 Å². The van der Waals surface area contributed by atoms with Gasteiger partial charge in [0.25, 0.3) is 0 Å². The first-order valence-corrected chi connectivity index (χ1v) is 6.25. The highest BCUT2D eigenvalue weighted by Gasteiger charge is 2.15. The summed E-state index contributed by atoms with van der Waals surface area (Å²) in [5.74, 6) is 1.27. The number of hydrogen-bond donors (Lipinski definition) is 1. The van der Waals surface area contributed by atoms with Crippen LogP contribution in [-0.4, -0.2) is 35.1 Å². The Morgan fingerprint density at radius 3 is 3.00 bits per heavy atom. The number of aromatic nitrogens is 2. The summed E-state index contributed by atoms with van der Waals surface area (Å²) in [5.41, 5.74) is 0.772. The van der Waals surface area contributed by atoms with Crippen LogP contribution in [0.4, 0.5) is 0 Å². The Bertz CT molecular complexity index is 671. The van der Waals surface area contributed by atoms with E-state index in [0.29, 0.717) is 17.5 Å². The van der Waals surface area contributed by atoms with Gasteiger partial charge in [-0.05, 0) is 12.1 Å². The lowest BCUT2D eigenvalue weighted by molar-refractivity contribution is 0.0599. The van der Waals surface area contributed by atoms with Crippen LogP contribution in [0.1, 0.15) is 5.89 Å². The molecule has 1 atom stereocenters. The van der Waals surface area contributed by atoms with E-state index in [1.54, 1.807) is 0 Å². The molecule has 20 heavy (non-hydrogen) atoms. The van der Waals surface area contributed by atoms with Crippen molar-refractivity contribution in [3.05, 3.63) is 36.2 Å². The first-order valence-electron chi connectivity index (χ1n) is 6.25. The largest absolute Gasteiger partial charge is 0.453 e. The third-order valence-electron chi connectivity index (χ3n) is 2.88. The van der Waals surface area contributed by atoms with E-state index in [4.69, 9.17) is 13.7 Å². The van der Waals surface area contributed by atoms with Gasteiger partial charge in [-0.1, -0.05) is 23.4 Å². The zero-order chi connectivity index (χ0) is 13.9. The quantitative estimate of drug-likeness (QED) is 0.766. The number of nitrogens with zero attached hydrogens (tertiary/aromatic N) is 2. The molecular formula is C14H14N2O4. The number of aliphatic hydroxyl groups is 1. The molecule has 1 aromatic carbocycles. The lowest BCUT2D eigenvalue weighted by Gasteiger charge is -2.04. The normalized spacial score (nSPS) is 12.9. The zero-order valence-corrected chi connectivity index (χ0v) is 10.9. The van der Waals surface area contributed by atoms with Crippen LogP contribution in [0, 0.1) is 0 Å². The number of benzene rings is 1. The molecule has 3 rings (SSSR count). The van der Waals surface area contributed by atoms with Gasteiger partial charge in [-0.15, -0.1) is 0 Å². The van der Waals surface area contributed by atoms with Crippen molar-refractivity contribution in [2.75, 3.05) is 13.7 Å². The first-order chi connectivity index (χ1) is 9.76. The van der Waals surface area contributed by atoms with Crippen molar-refractivity contribution in [3.63, 3.8) is 0 Å². The maximum Gasteiger partial charge on any atom is 0.238 e. The fraction of sp³-hybridized carbons (Fsp3) is 0.286. The molecular weight excluding hydrogens is 260 g/mol. The van der Waals surface area contributed by atoms with Crippen LogP contribution in [0.25, 0.3) is 22.6 Å². The van der Waals surface area contributed by atoms with Crippen LogP contribution in [0.5, 0.6) is 0 Å². The van der Waals surface area contributed by atoms with Crippen molar-refractivity contribution in [1.29, 1.82) is 0 Å². The number of rotatable bonds is 5. The summed E-state index contributed by atoms with van der Waals surface area (Å²) >= 11 is 0. The second kappa shape index (κ2) is 5.44. The smallest absolute Gasteiger partial charge is 0.238 e. The van der Waals surface area contributed by atoms with Crippen LogP contribution in [0.3, 0.4) is 0 Å². The summed E-state index contributed by atoms with van der Waals surface area (Å²) in [4.78, 5) is 4.21. The summed E-state index contributed by atoms with van der Waals surface area (Å²) in [6.07, 6.45) is -0.412. The standard InChI is InChI=1S/C14H14N2O4/c1-18-8-10(17)7-13-15-14(16-20-13)12-6-9-4-2-3-5-11(9)19-12/h2-6,10,17H,7-8H2,1H3. The van der Waals surface area contributed by atoms with Gasteiger partial charge in [0.15, 0.2) is 5.76 Å². The van der Waals surface area contributed by atoms with Crippen molar-refractivity contribution in [3.8, 4) is 11.6 Å². The van der Waals surface area contributed by atoms with Gasteiger partial charge in [0.05, 0.1) is 19.1 Å². The molecule has 1 unspecified atom stereocenters. The Balaban J connectivity index is 1.82. The third kappa shape index (κ3) is 2.56. The average molecular weight is 274 g/mol. The van der Waals surface area contributed by atoms with Gasteiger partial charge >= 0.3 is 0 Å². The summed E-state index contributed by atoms with van der Waals surface area (Å²) in [5, 5.41) is 14.5. The Kier molecular flexibility index (Phi) is 3.49. The van der Waals surface area contributed by atoms with E-state index >= 15 is 0 Å². The van der Waals surface area contributed by atoms with Gasteiger partial charge in [-0.3, -0.25) is 0 Å². The highest BCUT2D eigenvalue weighted by Crippen LogP contribution is 2.25.